The van der Waals surface area contributed by atoms with Crippen LogP contribution < -0.4 is 10.9 Å². The average Bonchev–Trinajstić information content (AvgIpc) is 2.71. The zero-order chi connectivity index (χ0) is 21.0. The number of nitrogens with zero attached hydrogens (tertiary/aromatic N) is 2. The van der Waals surface area contributed by atoms with E-state index >= 15 is 0 Å². The first-order valence-electron chi connectivity index (χ1n) is 9.32. The van der Waals surface area contributed by atoms with Crippen LogP contribution in [0.5, 0.6) is 0 Å². The number of rotatable bonds is 6. The van der Waals surface area contributed by atoms with E-state index in [2.05, 4.69) is 10.3 Å². The van der Waals surface area contributed by atoms with E-state index < -0.39 is 11.9 Å². The van der Waals surface area contributed by atoms with Crippen LogP contribution in [0.1, 0.15) is 23.4 Å². The quantitative estimate of drug-likeness (QED) is 0.650. The number of para-hydroxylation sites is 1. The topological polar surface area (TPSA) is 90.3 Å². The second-order valence-electron chi connectivity index (χ2n) is 6.92. The number of aromatic nitrogens is 2. The lowest BCUT2D eigenvalue weighted by atomic mass is 10.1. The highest BCUT2D eigenvalue weighted by molar-refractivity contribution is 5.92. The number of fused-ring (bicyclic) bond motifs is 1. The third kappa shape index (κ3) is 4.87. The molecule has 0 aliphatic rings. The van der Waals surface area contributed by atoms with E-state index in [4.69, 9.17) is 4.74 Å². The van der Waals surface area contributed by atoms with E-state index in [9.17, 15) is 14.4 Å². The SMILES string of the molecule is Cc1ccc(NC(=O)COC(=O)CCc2nc3ccccc3c(=O)n2C)cc1C. The van der Waals surface area contributed by atoms with E-state index in [-0.39, 0.29) is 25.0 Å². The lowest BCUT2D eigenvalue weighted by Gasteiger charge is -2.10. The molecule has 2 aromatic carbocycles. The van der Waals surface area contributed by atoms with Gasteiger partial charge in [0.25, 0.3) is 11.5 Å². The molecule has 0 bridgehead atoms. The highest BCUT2D eigenvalue weighted by atomic mass is 16.5. The minimum Gasteiger partial charge on any atom is -0.456 e. The highest BCUT2D eigenvalue weighted by Gasteiger charge is 2.12. The molecule has 3 rings (SSSR count). The Morgan fingerprint density at radius 2 is 1.86 bits per heavy atom. The number of carbonyl (C=O) groups is 2. The maximum atomic E-state index is 12.4. The summed E-state index contributed by atoms with van der Waals surface area (Å²) in [6.07, 6.45) is 0.268. The van der Waals surface area contributed by atoms with Crippen molar-refractivity contribution in [3.63, 3.8) is 0 Å². The molecule has 1 aromatic heterocycles. The van der Waals surface area contributed by atoms with E-state index in [0.29, 0.717) is 22.4 Å². The molecule has 0 radical (unpaired) electrons. The predicted molar refractivity (Wildman–Crippen MR) is 111 cm³/mol. The molecule has 1 N–H and O–H groups in total. The molecule has 29 heavy (non-hydrogen) atoms. The number of aryl methyl sites for hydroxylation is 3. The lowest BCUT2D eigenvalue weighted by Crippen LogP contribution is -2.24. The molecular formula is C22H23N3O4. The Balaban J connectivity index is 1.54. The van der Waals surface area contributed by atoms with Crippen LogP contribution in [0, 0.1) is 13.8 Å². The summed E-state index contributed by atoms with van der Waals surface area (Å²) in [4.78, 5) is 40.8. The van der Waals surface area contributed by atoms with Crippen LogP contribution >= 0.6 is 0 Å². The fraction of sp³-hybridized carbons (Fsp3) is 0.273. The molecule has 7 nitrogen and oxygen atoms in total. The first-order chi connectivity index (χ1) is 13.8. The molecular weight excluding hydrogens is 370 g/mol. The maximum absolute atomic E-state index is 12.4. The zero-order valence-corrected chi connectivity index (χ0v) is 16.7. The molecule has 0 saturated carbocycles. The summed E-state index contributed by atoms with van der Waals surface area (Å²) >= 11 is 0. The van der Waals surface area contributed by atoms with Crippen LogP contribution in [-0.4, -0.2) is 28.0 Å². The van der Waals surface area contributed by atoms with Gasteiger partial charge in [-0.15, -0.1) is 0 Å². The van der Waals surface area contributed by atoms with Crippen molar-refractivity contribution in [2.75, 3.05) is 11.9 Å². The number of carbonyl (C=O) groups excluding carboxylic acids is 2. The van der Waals surface area contributed by atoms with Gasteiger partial charge in [-0.2, -0.15) is 0 Å². The number of amides is 1. The van der Waals surface area contributed by atoms with Gasteiger partial charge in [0.2, 0.25) is 0 Å². The van der Waals surface area contributed by atoms with E-state index in [0.717, 1.165) is 11.1 Å². The number of benzene rings is 2. The van der Waals surface area contributed by atoms with Crippen molar-refractivity contribution in [3.8, 4) is 0 Å². The molecule has 0 aliphatic heterocycles. The molecule has 0 saturated heterocycles. The average molecular weight is 393 g/mol. The summed E-state index contributed by atoms with van der Waals surface area (Å²) < 4.78 is 6.48. The van der Waals surface area contributed by atoms with Crippen molar-refractivity contribution in [1.29, 1.82) is 0 Å². The van der Waals surface area contributed by atoms with Gasteiger partial charge in [0, 0.05) is 19.2 Å². The molecule has 0 spiro atoms. The summed E-state index contributed by atoms with van der Waals surface area (Å²) in [6.45, 7) is 3.58. The molecule has 0 unspecified atom stereocenters. The minimum atomic E-state index is -0.525. The second-order valence-corrected chi connectivity index (χ2v) is 6.92. The Bertz CT molecular complexity index is 1130. The number of anilines is 1. The predicted octanol–water partition coefficient (Wildman–Crippen LogP) is 2.66. The normalized spacial score (nSPS) is 10.7. The van der Waals surface area contributed by atoms with Crippen molar-refractivity contribution in [2.45, 2.75) is 26.7 Å². The smallest absolute Gasteiger partial charge is 0.306 e. The van der Waals surface area contributed by atoms with E-state index in [1.165, 1.54) is 4.57 Å². The molecule has 0 atom stereocenters. The van der Waals surface area contributed by atoms with Crippen LogP contribution in [-0.2, 0) is 27.8 Å². The van der Waals surface area contributed by atoms with Crippen molar-refractivity contribution in [2.24, 2.45) is 7.05 Å². The van der Waals surface area contributed by atoms with E-state index in [1.54, 1.807) is 37.4 Å². The van der Waals surface area contributed by atoms with Crippen LogP contribution in [0.3, 0.4) is 0 Å². The largest absolute Gasteiger partial charge is 0.456 e. The Labute approximate surface area is 168 Å². The molecule has 7 heteroatoms. The third-order valence-corrected chi connectivity index (χ3v) is 4.78. The number of ether oxygens (including phenoxy) is 1. The van der Waals surface area contributed by atoms with Crippen molar-refractivity contribution < 1.29 is 14.3 Å². The number of hydrogen-bond acceptors (Lipinski definition) is 5. The Morgan fingerprint density at radius 3 is 2.62 bits per heavy atom. The first kappa shape index (κ1) is 20.3. The van der Waals surface area contributed by atoms with Crippen molar-refractivity contribution >= 4 is 28.5 Å². The number of hydrogen-bond donors (Lipinski definition) is 1. The maximum Gasteiger partial charge on any atom is 0.306 e. The van der Waals surface area contributed by atoms with Gasteiger partial charge in [-0.05, 0) is 49.2 Å². The van der Waals surface area contributed by atoms with Crippen LogP contribution in [0.25, 0.3) is 10.9 Å². The molecule has 1 heterocycles. The van der Waals surface area contributed by atoms with Gasteiger partial charge in [-0.1, -0.05) is 18.2 Å². The van der Waals surface area contributed by atoms with Gasteiger partial charge in [-0.25, -0.2) is 4.98 Å². The summed E-state index contributed by atoms with van der Waals surface area (Å²) in [6, 6.07) is 12.6. The van der Waals surface area contributed by atoms with Gasteiger partial charge >= 0.3 is 5.97 Å². The van der Waals surface area contributed by atoms with Crippen molar-refractivity contribution in [1.82, 2.24) is 9.55 Å². The summed E-state index contributed by atoms with van der Waals surface area (Å²) in [5.74, 6) is -0.439. The molecule has 1 amide bonds. The molecule has 0 fully saturated rings. The zero-order valence-electron chi connectivity index (χ0n) is 16.7. The third-order valence-electron chi connectivity index (χ3n) is 4.78. The summed E-state index contributed by atoms with van der Waals surface area (Å²) in [5, 5.41) is 3.23. The van der Waals surface area contributed by atoms with Gasteiger partial charge in [0.05, 0.1) is 17.3 Å². The van der Waals surface area contributed by atoms with Gasteiger partial charge in [0.1, 0.15) is 5.82 Å². The fourth-order valence-electron chi connectivity index (χ4n) is 2.94. The number of esters is 1. The summed E-state index contributed by atoms with van der Waals surface area (Å²) in [7, 11) is 1.62. The Hall–Kier alpha value is -3.48. The number of nitrogens with one attached hydrogen (secondary N) is 1. The van der Waals surface area contributed by atoms with E-state index in [1.807, 2.05) is 26.0 Å². The Morgan fingerprint density at radius 1 is 1.10 bits per heavy atom. The van der Waals surface area contributed by atoms with Crippen LogP contribution in [0.4, 0.5) is 5.69 Å². The van der Waals surface area contributed by atoms with Crippen LogP contribution in [0.15, 0.2) is 47.3 Å². The van der Waals surface area contributed by atoms with Crippen LogP contribution in [0.2, 0.25) is 0 Å². The highest BCUT2D eigenvalue weighted by Crippen LogP contribution is 2.14. The molecule has 150 valence electrons. The Kier molecular flexibility index (Phi) is 6.07. The summed E-state index contributed by atoms with van der Waals surface area (Å²) in [5.41, 5.74) is 3.28. The first-order valence-corrected chi connectivity index (χ1v) is 9.32. The van der Waals surface area contributed by atoms with Gasteiger partial charge < -0.3 is 10.1 Å². The van der Waals surface area contributed by atoms with Gasteiger partial charge in [0.15, 0.2) is 6.61 Å². The minimum absolute atomic E-state index is 0.0234. The molecule has 3 aromatic rings. The van der Waals surface area contributed by atoms with Gasteiger partial charge in [-0.3, -0.25) is 19.0 Å². The second kappa shape index (κ2) is 8.68. The van der Waals surface area contributed by atoms with Crippen molar-refractivity contribution in [3.05, 3.63) is 69.8 Å². The monoisotopic (exact) mass is 393 g/mol. The standard InChI is InChI=1S/C22H23N3O4/c1-14-8-9-16(12-15(14)2)23-20(26)13-29-21(27)11-10-19-24-18-7-5-4-6-17(18)22(28)25(19)3/h4-9,12H,10-11,13H2,1-3H3,(H,23,26). The fourth-order valence-corrected chi connectivity index (χ4v) is 2.94. The molecule has 0 aliphatic carbocycles. The lowest BCUT2D eigenvalue weighted by molar-refractivity contribution is -0.147.